The minimum absolute atomic E-state index is 0.153. The van der Waals surface area contributed by atoms with Crippen molar-refractivity contribution in [3.63, 3.8) is 0 Å². The number of hydrogen-bond donors (Lipinski definition) is 1. The number of hydrogen-bond acceptors (Lipinski definition) is 3. The Bertz CT molecular complexity index is 710. The Kier molecular flexibility index (Phi) is 5.82. The first-order valence-corrected chi connectivity index (χ1v) is 7.73. The number of carbonyl (C=O) groups is 1. The molecule has 1 amide bonds. The van der Waals surface area contributed by atoms with Gasteiger partial charge in [0.2, 0.25) is 0 Å². The normalized spacial score (nSPS) is 10.4. The third-order valence-electron chi connectivity index (χ3n) is 3.27. The number of rotatable bonds is 7. The molecule has 1 heterocycles. The highest BCUT2D eigenvalue weighted by Crippen LogP contribution is 2.15. The van der Waals surface area contributed by atoms with E-state index in [0.29, 0.717) is 23.0 Å². The molecule has 0 aliphatic carbocycles. The second-order valence-electron chi connectivity index (χ2n) is 5.13. The first-order valence-electron chi connectivity index (χ1n) is 7.35. The zero-order valence-corrected chi connectivity index (χ0v) is 14.1. The number of nitrogens with zero attached hydrogens (tertiary/aromatic N) is 2. The first-order chi connectivity index (χ1) is 11.0. The maximum atomic E-state index is 12.2. The number of aryl methyl sites for hydroxylation is 2. The van der Waals surface area contributed by atoms with Crippen molar-refractivity contribution in [1.29, 1.82) is 0 Å². The van der Waals surface area contributed by atoms with Crippen LogP contribution in [0.25, 0.3) is 0 Å². The van der Waals surface area contributed by atoms with Crippen molar-refractivity contribution >= 4 is 17.5 Å². The minimum atomic E-state index is -0.153. The summed E-state index contributed by atoms with van der Waals surface area (Å²) in [4.78, 5) is 12.2. The van der Waals surface area contributed by atoms with E-state index in [1.54, 1.807) is 17.8 Å². The van der Waals surface area contributed by atoms with Gasteiger partial charge in [-0.3, -0.25) is 9.48 Å². The van der Waals surface area contributed by atoms with Gasteiger partial charge in [0.05, 0.1) is 5.69 Å². The van der Waals surface area contributed by atoms with Gasteiger partial charge in [-0.2, -0.15) is 5.10 Å². The summed E-state index contributed by atoms with van der Waals surface area (Å²) in [6.45, 7) is 6.25. The molecular formula is C17H20ClN3O2. The topological polar surface area (TPSA) is 56.1 Å². The fourth-order valence-corrected chi connectivity index (χ4v) is 2.15. The summed E-state index contributed by atoms with van der Waals surface area (Å²) in [7, 11) is 1.77. The standard InChI is InChI=1S/C17H20ClN3O2/c1-4-14-9-16(21(3)20-14)17(22)19-10-13-6-5-7-15(8-13)23-11-12(2)18/h5-9H,2,4,10-11H2,1,3H3,(H,19,22). The van der Waals surface area contributed by atoms with Gasteiger partial charge in [0, 0.05) is 18.6 Å². The highest BCUT2D eigenvalue weighted by Gasteiger charge is 2.12. The third kappa shape index (κ3) is 4.86. The van der Waals surface area contributed by atoms with Crippen LogP contribution in [0.5, 0.6) is 5.75 Å². The quantitative estimate of drug-likeness (QED) is 0.847. The van der Waals surface area contributed by atoms with Crippen molar-refractivity contribution in [1.82, 2.24) is 15.1 Å². The van der Waals surface area contributed by atoms with Crippen LogP contribution >= 0.6 is 11.6 Å². The molecule has 0 saturated carbocycles. The van der Waals surface area contributed by atoms with Crippen molar-refractivity contribution in [2.24, 2.45) is 7.05 Å². The van der Waals surface area contributed by atoms with Crippen molar-refractivity contribution in [2.45, 2.75) is 19.9 Å². The van der Waals surface area contributed by atoms with Crippen LogP contribution in [0, 0.1) is 0 Å². The SMILES string of the molecule is C=C(Cl)COc1cccc(CNC(=O)c2cc(CC)nn2C)c1. The molecule has 1 aromatic heterocycles. The number of aromatic nitrogens is 2. The molecule has 0 aliphatic heterocycles. The molecule has 0 atom stereocenters. The zero-order valence-electron chi connectivity index (χ0n) is 13.3. The van der Waals surface area contributed by atoms with Gasteiger partial charge in [0.1, 0.15) is 18.1 Å². The number of benzene rings is 1. The number of carbonyl (C=O) groups excluding carboxylic acids is 1. The molecule has 122 valence electrons. The molecule has 0 spiro atoms. The van der Waals surface area contributed by atoms with Gasteiger partial charge in [0.15, 0.2) is 0 Å². The molecule has 0 bridgehead atoms. The van der Waals surface area contributed by atoms with E-state index in [9.17, 15) is 4.79 Å². The van der Waals surface area contributed by atoms with Gasteiger partial charge in [-0.1, -0.05) is 37.2 Å². The zero-order chi connectivity index (χ0) is 16.8. The van der Waals surface area contributed by atoms with E-state index < -0.39 is 0 Å². The molecule has 0 saturated heterocycles. The molecule has 0 aliphatic rings. The molecule has 23 heavy (non-hydrogen) atoms. The fraction of sp³-hybridized carbons (Fsp3) is 0.294. The van der Waals surface area contributed by atoms with E-state index in [0.717, 1.165) is 17.7 Å². The summed E-state index contributed by atoms with van der Waals surface area (Å²) in [6.07, 6.45) is 0.798. The monoisotopic (exact) mass is 333 g/mol. The lowest BCUT2D eigenvalue weighted by molar-refractivity contribution is 0.0941. The molecule has 6 heteroatoms. The molecule has 1 aromatic carbocycles. The van der Waals surface area contributed by atoms with Crippen LogP contribution < -0.4 is 10.1 Å². The Morgan fingerprint density at radius 1 is 1.43 bits per heavy atom. The van der Waals surface area contributed by atoms with Crippen molar-refractivity contribution in [2.75, 3.05) is 6.61 Å². The lowest BCUT2D eigenvalue weighted by Gasteiger charge is -2.08. The van der Waals surface area contributed by atoms with E-state index in [1.807, 2.05) is 31.2 Å². The lowest BCUT2D eigenvalue weighted by Crippen LogP contribution is -2.25. The highest BCUT2D eigenvalue weighted by molar-refractivity contribution is 6.29. The molecule has 5 nitrogen and oxygen atoms in total. The number of nitrogens with one attached hydrogen (secondary N) is 1. The summed E-state index contributed by atoms with van der Waals surface area (Å²) < 4.78 is 7.08. The molecule has 0 radical (unpaired) electrons. The summed E-state index contributed by atoms with van der Waals surface area (Å²) in [5, 5.41) is 7.60. The van der Waals surface area contributed by atoms with Crippen LogP contribution in [-0.2, 0) is 20.0 Å². The van der Waals surface area contributed by atoms with Gasteiger partial charge in [-0.15, -0.1) is 0 Å². The Hall–Kier alpha value is -2.27. The van der Waals surface area contributed by atoms with Crippen LogP contribution in [0.3, 0.4) is 0 Å². The number of ether oxygens (including phenoxy) is 1. The van der Waals surface area contributed by atoms with Gasteiger partial charge < -0.3 is 10.1 Å². The predicted molar refractivity (Wildman–Crippen MR) is 90.7 cm³/mol. The second-order valence-corrected chi connectivity index (χ2v) is 5.67. The van der Waals surface area contributed by atoms with E-state index in [-0.39, 0.29) is 12.5 Å². The van der Waals surface area contributed by atoms with Crippen molar-refractivity contribution in [3.05, 3.63) is 58.9 Å². The highest BCUT2D eigenvalue weighted by atomic mass is 35.5. The average Bonchev–Trinajstić information content (AvgIpc) is 2.92. The van der Waals surface area contributed by atoms with Gasteiger partial charge in [-0.05, 0) is 30.2 Å². The van der Waals surface area contributed by atoms with Crippen LogP contribution in [0.1, 0.15) is 28.7 Å². The first kappa shape index (κ1) is 17.1. The molecule has 2 rings (SSSR count). The third-order valence-corrected chi connectivity index (χ3v) is 3.38. The van der Waals surface area contributed by atoms with Crippen LogP contribution in [0.2, 0.25) is 0 Å². The summed E-state index contributed by atoms with van der Waals surface area (Å²) >= 11 is 5.68. The predicted octanol–water partition coefficient (Wildman–Crippen LogP) is 3.04. The largest absolute Gasteiger partial charge is 0.488 e. The van der Waals surface area contributed by atoms with Gasteiger partial charge in [0.25, 0.3) is 5.91 Å². The number of halogens is 1. The maximum Gasteiger partial charge on any atom is 0.269 e. The fourth-order valence-electron chi connectivity index (χ4n) is 2.09. The van der Waals surface area contributed by atoms with Crippen LogP contribution in [0.15, 0.2) is 41.9 Å². The Labute approximate surface area is 140 Å². The molecule has 1 N–H and O–H groups in total. The Balaban J connectivity index is 1.97. The van der Waals surface area contributed by atoms with Crippen molar-refractivity contribution in [3.8, 4) is 5.75 Å². The maximum absolute atomic E-state index is 12.2. The molecule has 0 unspecified atom stereocenters. The summed E-state index contributed by atoms with van der Waals surface area (Å²) in [6, 6.07) is 9.29. The van der Waals surface area contributed by atoms with Crippen LogP contribution in [0.4, 0.5) is 0 Å². The molecule has 0 fully saturated rings. The second kappa shape index (κ2) is 7.83. The summed E-state index contributed by atoms with van der Waals surface area (Å²) in [5.74, 6) is 0.535. The van der Waals surface area contributed by atoms with E-state index in [1.165, 1.54) is 0 Å². The van der Waals surface area contributed by atoms with Gasteiger partial charge >= 0.3 is 0 Å². The van der Waals surface area contributed by atoms with E-state index in [4.69, 9.17) is 16.3 Å². The lowest BCUT2D eigenvalue weighted by atomic mass is 10.2. The van der Waals surface area contributed by atoms with E-state index >= 15 is 0 Å². The Morgan fingerprint density at radius 3 is 2.87 bits per heavy atom. The number of amides is 1. The van der Waals surface area contributed by atoms with Gasteiger partial charge in [-0.25, -0.2) is 0 Å². The Morgan fingerprint density at radius 2 is 2.22 bits per heavy atom. The smallest absolute Gasteiger partial charge is 0.269 e. The molecule has 2 aromatic rings. The van der Waals surface area contributed by atoms with Crippen LogP contribution in [-0.4, -0.2) is 22.3 Å². The summed E-state index contributed by atoms with van der Waals surface area (Å²) in [5.41, 5.74) is 2.39. The van der Waals surface area contributed by atoms with E-state index in [2.05, 4.69) is 17.0 Å². The molecular weight excluding hydrogens is 314 g/mol. The minimum Gasteiger partial charge on any atom is -0.488 e. The average molecular weight is 334 g/mol. The van der Waals surface area contributed by atoms with Crippen molar-refractivity contribution < 1.29 is 9.53 Å².